The van der Waals surface area contributed by atoms with Gasteiger partial charge in [0.1, 0.15) is 4.83 Å². The fourth-order valence-corrected chi connectivity index (χ4v) is 2.58. The van der Waals surface area contributed by atoms with E-state index in [0.29, 0.717) is 5.56 Å². The van der Waals surface area contributed by atoms with Crippen molar-refractivity contribution in [2.45, 2.75) is 4.83 Å². The Bertz CT molecular complexity index is 688. The molecular weight excluding hydrogens is 402 g/mol. The van der Waals surface area contributed by atoms with Gasteiger partial charge in [-0.3, -0.25) is 9.59 Å². The van der Waals surface area contributed by atoms with Gasteiger partial charge < -0.3 is 10.1 Å². The highest BCUT2D eigenvalue weighted by Gasteiger charge is 2.16. The first-order valence-corrected chi connectivity index (χ1v) is 7.91. The van der Waals surface area contributed by atoms with E-state index in [9.17, 15) is 9.59 Å². The van der Waals surface area contributed by atoms with Crippen molar-refractivity contribution in [1.29, 1.82) is 0 Å². The van der Waals surface area contributed by atoms with Gasteiger partial charge in [-0.1, -0.05) is 44.0 Å². The molecular formula is C15H13Br2NO3. The number of esters is 1. The van der Waals surface area contributed by atoms with E-state index >= 15 is 0 Å². The van der Waals surface area contributed by atoms with Crippen LogP contribution in [0.25, 0.3) is 10.8 Å². The second-order valence-corrected chi connectivity index (χ2v) is 6.43. The Morgan fingerprint density at radius 3 is 2.57 bits per heavy atom. The Labute approximate surface area is 139 Å². The Kier molecular flexibility index (Phi) is 5.36. The summed E-state index contributed by atoms with van der Waals surface area (Å²) in [5.41, 5.74) is 0.550. The van der Waals surface area contributed by atoms with Crippen LogP contribution in [-0.4, -0.2) is 30.4 Å². The lowest BCUT2D eigenvalue weighted by molar-refractivity contribution is -0.139. The minimum Gasteiger partial charge on any atom is -0.468 e. The molecule has 0 heterocycles. The summed E-state index contributed by atoms with van der Waals surface area (Å²) in [6, 6.07) is 11.3. The normalized spacial score (nSPS) is 12.0. The zero-order chi connectivity index (χ0) is 15.4. The zero-order valence-corrected chi connectivity index (χ0v) is 14.4. The number of fused-ring (bicyclic) bond motifs is 1. The van der Waals surface area contributed by atoms with Crippen LogP contribution in [0.4, 0.5) is 0 Å². The average molecular weight is 415 g/mol. The predicted octanol–water partition coefficient (Wildman–Crippen LogP) is 3.27. The highest BCUT2D eigenvalue weighted by molar-refractivity contribution is 9.10. The Hall–Kier alpha value is -1.40. The summed E-state index contributed by atoms with van der Waals surface area (Å²) in [6.45, 7) is 0.171. The molecule has 2 rings (SSSR count). The lowest BCUT2D eigenvalue weighted by Crippen LogP contribution is -2.33. The first-order chi connectivity index (χ1) is 10.0. The lowest BCUT2D eigenvalue weighted by atomic mass is 10.1. The van der Waals surface area contributed by atoms with E-state index in [4.69, 9.17) is 0 Å². The first kappa shape index (κ1) is 16.0. The minimum absolute atomic E-state index is 0.171. The Balaban J connectivity index is 2.09. The van der Waals surface area contributed by atoms with Gasteiger partial charge in [-0.15, -0.1) is 0 Å². The van der Waals surface area contributed by atoms with E-state index in [-0.39, 0.29) is 12.5 Å². The number of methoxy groups -OCH3 is 1. The van der Waals surface area contributed by atoms with Crippen LogP contribution in [0.2, 0.25) is 0 Å². The molecule has 0 bridgehead atoms. The number of hydrogen-bond acceptors (Lipinski definition) is 3. The third-order valence-electron chi connectivity index (χ3n) is 2.96. The van der Waals surface area contributed by atoms with Crippen molar-refractivity contribution in [1.82, 2.24) is 5.32 Å². The maximum Gasteiger partial charge on any atom is 0.321 e. The second kappa shape index (κ2) is 7.04. The molecule has 1 unspecified atom stereocenters. The summed E-state index contributed by atoms with van der Waals surface area (Å²) in [5, 5.41) is 4.72. The molecule has 0 radical (unpaired) electrons. The maximum absolute atomic E-state index is 12.1. The molecule has 0 fully saturated rings. The molecule has 4 nitrogen and oxygen atoms in total. The van der Waals surface area contributed by atoms with Gasteiger partial charge in [0.2, 0.25) is 0 Å². The molecule has 0 aliphatic carbocycles. The fourth-order valence-electron chi connectivity index (χ4n) is 1.85. The van der Waals surface area contributed by atoms with Crippen molar-refractivity contribution in [3.05, 3.63) is 46.4 Å². The number of carbonyl (C=O) groups is 2. The molecule has 0 spiro atoms. The molecule has 2 aromatic rings. The first-order valence-electron chi connectivity index (χ1n) is 6.20. The van der Waals surface area contributed by atoms with E-state index in [1.807, 2.05) is 30.3 Å². The van der Waals surface area contributed by atoms with E-state index < -0.39 is 10.8 Å². The van der Waals surface area contributed by atoms with E-state index in [0.717, 1.165) is 15.2 Å². The van der Waals surface area contributed by atoms with Gasteiger partial charge in [0.15, 0.2) is 0 Å². The molecule has 1 N–H and O–H groups in total. The quantitative estimate of drug-likeness (QED) is 0.617. The maximum atomic E-state index is 12.1. The molecule has 0 aliphatic rings. The number of benzene rings is 2. The molecule has 0 aromatic heterocycles. The summed E-state index contributed by atoms with van der Waals surface area (Å²) in [7, 11) is 1.31. The number of carbonyl (C=O) groups excluding carboxylic acids is 2. The van der Waals surface area contributed by atoms with Crippen LogP contribution in [0.3, 0.4) is 0 Å². The highest BCUT2D eigenvalue weighted by atomic mass is 79.9. The molecule has 0 saturated carbocycles. The second-order valence-electron chi connectivity index (χ2n) is 4.41. The number of hydrogen-bond donors (Lipinski definition) is 1. The highest BCUT2D eigenvalue weighted by Crippen LogP contribution is 2.21. The van der Waals surface area contributed by atoms with Crippen molar-refractivity contribution >= 4 is 54.5 Å². The van der Waals surface area contributed by atoms with Crippen LogP contribution in [0.5, 0.6) is 0 Å². The van der Waals surface area contributed by atoms with Crippen LogP contribution in [-0.2, 0) is 9.53 Å². The molecule has 0 saturated heterocycles. The van der Waals surface area contributed by atoms with Crippen LogP contribution >= 0.6 is 31.9 Å². The van der Waals surface area contributed by atoms with Gasteiger partial charge in [-0.25, -0.2) is 0 Å². The van der Waals surface area contributed by atoms with Gasteiger partial charge >= 0.3 is 5.97 Å². The number of alkyl halides is 1. The SMILES string of the molecule is COC(=O)C(Br)CNC(=O)c1ccc2cc(Br)ccc2c1. The van der Waals surface area contributed by atoms with Gasteiger partial charge in [0, 0.05) is 16.6 Å². The van der Waals surface area contributed by atoms with Crippen molar-refractivity contribution in [3.8, 4) is 0 Å². The third kappa shape index (κ3) is 4.04. The van der Waals surface area contributed by atoms with E-state index in [2.05, 4.69) is 41.9 Å². The summed E-state index contributed by atoms with van der Waals surface area (Å²) in [5.74, 6) is -0.646. The number of ether oxygens (including phenoxy) is 1. The van der Waals surface area contributed by atoms with Gasteiger partial charge in [-0.05, 0) is 35.0 Å². The van der Waals surface area contributed by atoms with E-state index in [1.54, 1.807) is 6.07 Å². The third-order valence-corrected chi connectivity index (χ3v) is 4.15. The summed E-state index contributed by atoms with van der Waals surface area (Å²) < 4.78 is 5.57. The van der Waals surface area contributed by atoms with Crippen molar-refractivity contribution in [2.75, 3.05) is 13.7 Å². The average Bonchev–Trinajstić information content (AvgIpc) is 2.50. The topological polar surface area (TPSA) is 55.4 Å². The molecule has 6 heteroatoms. The molecule has 110 valence electrons. The van der Waals surface area contributed by atoms with E-state index in [1.165, 1.54) is 7.11 Å². The summed E-state index contributed by atoms with van der Waals surface area (Å²) in [4.78, 5) is 22.8. The van der Waals surface area contributed by atoms with Crippen molar-refractivity contribution < 1.29 is 14.3 Å². The number of nitrogens with one attached hydrogen (secondary N) is 1. The largest absolute Gasteiger partial charge is 0.468 e. The van der Waals surface area contributed by atoms with Crippen LogP contribution < -0.4 is 5.32 Å². The van der Waals surface area contributed by atoms with Crippen LogP contribution in [0, 0.1) is 0 Å². The van der Waals surface area contributed by atoms with Gasteiger partial charge in [-0.2, -0.15) is 0 Å². The Morgan fingerprint density at radius 1 is 1.19 bits per heavy atom. The molecule has 1 atom stereocenters. The van der Waals surface area contributed by atoms with Crippen LogP contribution in [0.15, 0.2) is 40.9 Å². The molecule has 1 amide bonds. The van der Waals surface area contributed by atoms with Crippen LogP contribution in [0.1, 0.15) is 10.4 Å². The fraction of sp³-hybridized carbons (Fsp3) is 0.200. The van der Waals surface area contributed by atoms with Crippen molar-refractivity contribution in [2.24, 2.45) is 0 Å². The molecule has 21 heavy (non-hydrogen) atoms. The van der Waals surface area contributed by atoms with Crippen molar-refractivity contribution in [3.63, 3.8) is 0 Å². The monoisotopic (exact) mass is 413 g/mol. The smallest absolute Gasteiger partial charge is 0.321 e. The number of amides is 1. The van der Waals surface area contributed by atoms with Gasteiger partial charge in [0.05, 0.1) is 7.11 Å². The molecule has 2 aromatic carbocycles. The predicted molar refractivity (Wildman–Crippen MR) is 88.7 cm³/mol. The number of halogens is 2. The Morgan fingerprint density at radius 2 is 1.86 bits per heavy atom. The number of rotatable bonds is 4. The molecule has 0 aliphatic heterocycles. The standard InChI is InChI=1S/C15H13Br2NO3/c1-21-15(20)13(17)8-18-14(19)11-3-2-10-7-12(16)5-4-9(10)6-11/h2-7,13H,8H2,1H3,(H,18,19). The zero-order valence-electron chi connectivity index (χ0n) is 11.2. The minimum atomic E-state index is -0.553. The summed E-state index contributed by atoms with van der Waals surface area (Å²) in [6.07, 6.45) is 0. The lowest BCUT2D eigenvalue weighted by Gasteiger charge is -2.10. The van der Waals surface area contributed by atoms with Gasteiger partial charge in [0.25, 0.3) is 5.91 Å². The summed E-state index contributed by atoms with van der Waals surface area (Å²) >= 11 is 6.57.